The predicted octanol–water partition coefficient (Wildman–Crippen LogP) is 19.8. The van der Waals surface area contributed by atoms with Gasteiger partial charge >= 0.3 is 0 Å². The van der Waals surface area contributed by atoms with Gasteiger partial charge in [0.25, 0.3) is 0 Å². The molecule has 0 radical (unpaired) electrons. The fourth-order valence-corrected chi connectivity index (χ4v) is 22.5. The van der Waals surface area contributed by atoms with Crippen molar-refractivity contribution in [2.45, 2.75) is 233 Å². The topological polar surface area (TPSA) is 337 Å². The van der Waals surface area contributed by atoms with E-state index in [4.69, 9.17) is 23.7 Å². The van der Waals surface area contributed by atoms with Crippen molar-refractivity contribution in [3.63, 3.8) is 0 Å². The Morgan fingerprint density at radius 1 is 0.281 bits per heavy atom. The Bertz CT molecular complexity index is 4620. The average Bonchev–Trinajstić information content (AvgIpc) is 1.66. The Hall–Kier alpha value is -9.95. The number of anilines is 5. The molecule has 30 nitrogen and oxygen atoms in total. The van der Waals surface area contributed by atoms with E-state index in [0.717, 1.165) is 184 Å². The van der Waals surface area contributed by atoms with E-state index in [2.05, 4.69) is 136 Å². The minimum atomic E-state index is -0.0830. The predicted molar refractivity (Wildman–Crippen MR) is 542 cm³/mol. The quantitative estimate of drug-likeness (QED) is 0.0279. The second-order valence-electron chi connectivity index (χ2n) is 36.6. The van der Waals surface area contributed by atoms with Gasteiger partial charge in [0.2, 0.25) is 29.5 Å². The van der Waals surface area contributed by atoms with Crippen molar-refractivity contribution in [3.8, 4) is 28.7 Å². The van der Waals surface area contributed by atoms with Crippen molar-refractivity contribution in [2.24, 2.45) is 29.6 Å². The highest BCUT2D eigenvalue weighted by Crippen LogP contribution is 2.39. The summed E-state index contributed by atoms with van der Waals surface area (Å²) in [5.41, 5.74) is 9.90. The number of amides is 5. The van der Waals surface area contributed by atoms with Crippen LogP contribution in [0.1, 0.15) is 245 Å². The van der Waals surface area contributed by atoms with E-state index < -0.39 is 0 Å². The van der Waals surface area contributed by atoms with E-state index in [1.807, 2.05) is 161 Å². The van der Waals surface area contributed by atoms with Gasteiger partial charge < -0.3 is 50.3 Å². The third-order valence-corrected chi connectivity index (χ3v) is 29.7. The number of carbonyl (C=O) groups excluding carboxylic acids is 5. The minimum absolute atomic E-state index is 0.0830. The smallest absolute Gasteiger partial charge is 0.223 e. The Morgan fingerprint density at radius 2 is 0.430 bits per heavy atom. The summed E-state index contributed by atoms with van der Waals surface area (Å²) in [6.07, 6.45) is 21.2. The zero-order chi connectivity index (χ0) is 96.9. The number of nitrogens with zero attached hydrogens (tertiary/aromatic N) is 15. The highest BCUT2D eigenvalue weighted by molar-refractivity contribution is 7.17. The molecule has 10 aromatic heterocycles. The number of piperidine rings is 5. The number of thiazole rings is 5. The number of aromatic nitrogens is 10. The van der Waals surface area contributed by atoms with Crippen LogP contribution in [0, 0.1) is 98.8 Å². The molecule has 0 bridgehead atoms. The molecule has 5 saturated heterocycles. The van der Waals surface area contributed by atoms with Crippen molar-refractivity contribution < 1.29 is 47.7 Å². The van der Waals surface area contributed by atoms with Crippen LogP contribution in [-0.2, 0) is 24.0 Å². The SMILES string of the molecule is CC(=O)Nc1ncc(C(C)N2CCCC(COc3cc(C)nc(C)c3)C2)s1.CC(=O)Nc1ncc(C(C)N2CCCC(COc3cc(C)nc(C)c3)C2)s1.CC(=O)Nc1ncc(C(C)N2CCCC(COc3cc(C)nc(C)c3)C2)s1.CC(=O)Nc1ncc(C(C)N2CCCC(COc3cc(C)nc(C)c3)C2)s1.CC(=O)Nc1ncc(C(C)N2CCCC(COc3cc(C)nc(C)c3)C2)s1. The van der Waals surface area contributed by atoms with Gasteiger partial charge in [-0.05, 0) is 201 Å². The Labute approximate surface area is 817 Å². The number of rotatable bonds is 30. The molecule has 5 N–H and O–H groups in total. The summed E-state index contributed by atoms with van der Waals surface area (Å²) in [6, 6.07) is 21.4. The number of hydrogen-bond donors (Lipinski definition) is 5. The van der Waals surface area contributed by atoms with E-state index in [0.29, 0.717) is 85.5 Å². The van der Waals surface area contributed by atoms with Gasteiger partial charge in [-0.25, -0.2) is 24.9 Å². The molecule has 35 heteroatoms. The summed E-state index contributed by atoms with van der Waals surface area (Å²) < 4.78 is 30.3. The largest absolute Gasteiger partial charge is 0.493 e. The van der Waals surface area contributed by atoms with Crippen LogP contribution >= 0.6 is 56.7 Å². The maximum absolute atomic E-state index is 11.2. The van der Waals surface area contributed by atoms with Crippen LogP contribution < -0.4 is 50.3 Å². The molecule has 5 amide bonds. The third-order valence-electron chi connectivity index (χ3n) is 24.3. The van der Waals surface area contributed by atoms with Gasteiger partial charge in [-0.3, -0.25) is 73.4 Å². The van der Waals surface area contributed by atoms with Crippen LogP contribution in [0.3, 0.4) is 0 Å². The van der Waals surface area contributed by atoms with Crippen molar-refractivity contribution in [2.75, 3.05) is 125 Å². The molecule has 0 saturated carbocycles. The van der Waals surface area contributed by atoms with Crippen LogP contribution in [-0.4, -0.2) is 202 Å². The molecular weight excluding hydrogens is 1800 g/mol. The maximum Gasteiger partial charge on any atom is 0.223 e. The van der Waals surface area contributed by atoms with E-state index in [1.165, 1.54) is 123 Å². The fraction of sp³-hybridized carbons (Fsp3) is 0.550. The molecule has 5 fully saturated rings. The summed E-state index contributed by atoms with van der Waals surface area (Å²) >= 11 is 7.77. The third kappa shape index (κ3) is 34.9. The molecule has 5 aliphatic rings. The summed E-state index contributed by atoms with van der Waals surface area (Å²) in [5, 5.41) is 17.2. The lowest BCUT2D eigenvalue weighted by Crippen LogP contribution is -2.39. The van der Waals surface area contributed by atoms with Crippen LogP contribution in [0.25, 0.3) is 0 Å². The molecule has 0 spiro atoms. The number of pyridine rings is 5. The molecule has 5 aliphatic heterocycles. The standard InChI is InChI=1S/5C20H28N4O2S/c5*1-13-8-18(9-14(2)22-13)26-12-17-6-5-7-24(11-17)15(3)19-10-21-20(27-19)23-16(4)25/h5*8-10,15,17H,5-7,11-12H2,1-4H3,(H,21,23,25). The van der Waals surface area contributed by atoms with Gasteiger partial charge in [0.15, 0.2) is 25.7 Å². The highest BCUT2D eigenvalue weighted by Gasteiger charge is 2.33. The second kappa shape index (κ2) is 52.0. The zero-order valence-electron chi connectivity index (χ0n) is 82.4. The van der Waals surface area contributed by atoms with Gasteiger partial charge in [0.05, 0.1) is 33.0 Å². The van der Waals surface area contributed by atoms with Gasteiger partial charge in [-0.1, -0.05) is 0 Å². The highest BCUT2D eigenvalue weighted by atomic mass is 32.1. The lowest BCUT2D eigenvalue weighted by molar-refractivity contribution is -0.115. The maximum atomic E-state index is 11.2. The first-order valence-electron chi connectivity index (χ1n) is 47.3. The Morgan fingerprint density at radius 3 is 0.570 bits per heavy atom. The van der Waals surface area contributed by atoms with Gasteiger partial charge in [0, 0.05) is 300 Å². The first-order chi connectivity index (χ1) is 64.5. The molecule has 135 heavy (non-hydrogen) atoms. The van der Waals surface area contributed by atoms with Crippen molar-refractivity contribution in [3.05, 3.63) is 173 Å². The molecule has 10 aromatic rings. The van der Waals surface area contributed by atoms with E-state index in [-0.39, 0.29) is 29.5 Å². The molecule has 15 heterocycles. The van der Waals surface area contributed by atoms with E-state index in [1.54, 1.807) is 56.7 Å². The van der Waals surface area contributed by atoms with Crippen LogP contribution in [0.5, 0.6) is 28.7 Å². The van der Waals surface area contributed by atoms with Gasteiger partial charge in [0.1, 0.15) is 28.7 Å². The Kier molecular flexibility index (Phi) is 40.6. The number of likely N-dealkylation sites (tertiary alicyclic amines) is 5. The minimum Gasteiger partial charge on any atom is -0.493 e. The lowest BCUT2D eigenvalue weighted by atomic mass is 9.97. The molecule has 0 aromatic carbocycles. The van der Waals surface area contributed by atoms with E-state index >= 15 is 0 Å². The van der Waals surface area contributed by atoms with Gasteiger partial charge in [-0.15, -0.1) is 56.7 Å². The normalized spacial score (nSPS) is 18.9. The summed E-state index contributed by atoms with van der Waals surface area (Å²) in [7, 11) is 0. The first kappa shape index (κ1) is 106. The number of hydrogen-bond acceptors (Lipinski definition) is 30. The fourth-order valence-electron chi connectivity index (χ4n) is 17.7. The average molecular weight is 1940 g/mol. The summed E-state index contributed by atoms with van der Waals surface area (Å²) in [5.74, 6) is 6.69. The lowest BCUT2D eigenvalue weighted by Gasteiger charge is -2.36. The monoisotopic (exact) mass is 1940 g/mol. The summed E-state index contributed by atoms with van der Waals surface area (Å²) in [4.78, 5) is 118. The van der Waals surface area contributed by atoms with Crippen LogP contribution in [0.15, 0.2) is 91.6 Å². The number of ether oxygens (including phenoxy) is 5. The van der Waals surface area contributed by atoms with Crippen molar-refractivity contribution >= 4 is 112 Å². The summed E-state index contributed by atoms with van der Waals surface area (Å²) in [6.45, 7) is 52.6. The van der Waals surface area contributed by atoms with Crippen molar-refractivity contribution in [1.82, 2.24) is 74.3 Å². The van der Waals surface area contributed by atoms with Gasteiger partial charge in [-0.2, -0.15) is 0 Å². The molecule has 0 aliphatic carbocycles. The van der Waals surface area contributed by atoms with Crippen LogP contribution in [0.4, 0.5) is 25.7 Å². The molecular formula is C100H140N20O10S5. The molecule has 730 valence electrons. The number of aryl methyl sites for hydroxylation is 10. The zero-order valence-corrected chi connectivity index (χ0v) is 86.5. The first-order valence-corrected chi connectivity index (χ1v) is 51.4. The second-order valence-corrected chi connectivity index (χ2v) is 41.9. The molecule has 10 atom stereocenters. The number of carbonyl (C=O) groups is 5. The Balaban J connectivity index is 0.000000162. The molecule has 10 unspecified atom stereocenters. The van der Waals surface area contributed by atoms with E-state index in [9.17, 15) is 24.0 Å². The molecule has 15 rings (SSSR count). The number of nitrogens with one attached hydrogen (secondary N) is 5. The van der Waals surface area contributed by atoms with Crippen molar-refractivity contribution in [1.29, 1.82) is 0 Å². The van der Waals surface area contributed by atoms with Crippen LogP contribution in [0.2, 0.25) is 0 Å².